The first-order chi connectivity index (χ1) is 15.1. The number of amides is 1. The van der Waals surface area contributed by atoms with E-state index in [0.29, 0.717) is 30.9 Å². The van der Waals surface area contributed by atoms with Crippen LogP contribution in [-0.2, 0) is 14.3 Å². The van der Waals surface area contributed by atoms with Crippen LogP contribution in [0.2, 0.25) is 0 Å². The van der Waals surface area contributed by atoms with E-state index in [-0.39, 0.29) is 17.9 Å². The Morgan fingerprint density at radius 1 is 1.06 bits per heavy atom. The van der Waals surface area contributed by atoms with Gasteiger partial charge in [0, 0.05) is 25.0 Å². The summed E-state index contributed by atoms with van der Waals surface area (Å²) in [5.74, 6) is 1.32. The van der Waals surface area contributed by atoms with Gasteiger partial charge in [-0.3, -0.25) is 4.79 Å². The van der Waals surface area contributed by atoms with Gasteiger partial charge in [-0.1, -0.05) is 62.4 Å². The van der Waals surface area contributed by atoms with Crippen molar-refractivity contribution < 1.29 is 14.3 Å². The molecule has 4 aliphatic rings. The van der Waals surface area contributed by atoms with Crippen molar-refractivity contribution in [3.8, 4) is 0 Å². The average Bonchev–Trinajstić information content (AvgIpc) is 3.31. The lowest BCUT2D eigenvalue weighted by atomic mass is 9.59. The van der Waals surface area contributed by atoms with Crippen LogP contribution in [0.15, 0.2) is 48.5 Å². The van der Waals surface area contributed by atoms with E-state index in [0.717, 1.165) is 25.9 Å². The van der Waals surface area contributed by atoms with E-state index in [1.807, 2.05) is 0 Å². The maximum absolute atomic E-state index is 13.1. The third kappa shape index (κ3) is 3.92. The van der Waals surface area contributed by atoms with E-state index >= 15 is 0 Å². The van der Waals surface area contributed by atoms with Gasteiger partial charge in [-0.15, -0.1) is 0 Å². The Balaban J connectivity index is 1.29. The molecule has 2 bridgehead atoms. The average molecular weight is 420 g/mol. The quantitative estimate of drug-likeness (QED) is 0.712. The molecule has 0 saturated carbocycles. The van der Waals surface area contributed by atoms with Crippen LogP contribution in [0.1, 0.15) is 67.2 Å². The van der Waals surface area contributed by atoms with Crippen molar-refractivity contribution in [3.05, 3.63) is 70.8 Å². The number of nitrogens with one attached hydrogen (secondary N) is 1. The zero-order chi connectivity index (χ0) is 21.4. The van der Waals surface area contributed by atoms with E-state index in [4.69, 9.17) is 9.47 Å². The first-order valence-electron chi connectivity index (χ1n) is 11.8. The normalized spacial score (nSPS) is 27.1. The highest BCUT2D eigenvalue weighted by molar-refractivity contribution is 5.81. The minimum atomic E-state index is -0.426. The molecule has 4 nitrogen and oxygen atoms in total. The maximum Gasteiger partial charge on any atom is 0.249 e. The van der Waals surface area contributed by atoms with Gasteiger partial charge in [-0.05, 0) is 53.4 Å². The van der Waals surface area contributed by atoms with Crippen LogP contribution >= 0.6 is 0 Å². The third-order valence-electron chi connectivity index (χ3n) is 7.31. The van der Waals surface area contributed by atoms with Gasteiger partial charge in [0.1, 0.15) is 6.10 Å². The standard InChI is InChI=1S/C27H33NO3/c1-17(2)26(31-16-19-8-7-13-30-19)27(29)28-15-18-14-24-20-9-3-5-11-22(20)25(18)23-12-6-4-10-21(23)24/h3-6,9-12,17-19,24-26H,7-8,13-16H2,1-2H3,(H,28,29). The third-order valence-corrected chi connectivity index (χ3v) is 7.31. The molecule has 1 amide bonds. The number of hydrogen-bond acceptors (Lipinski definition) is 3. The van der Waals surface area contributed by atoms with Gasteiger partial charge in [-0.2, -0.15) is 0 Å². The molecular formula is C27H33NO3. The Kier molecular flexibility index (Phi) is 5.85. The summed E-state index contributed by atoms with van der Waals surface area (Å²) >= 11 is 0. The van der Waals surface area contributed by atoms with Crippen LogP contribution < -0.4 is 5.32 Å². The molecule has 0 spiro atoms. The summed E-state index contributed by atoms with van der Waals surface area (Å²) in [6.45, 7) is 6.10. The van der Waals surface area contributed by atoms with E-state index in [1.54, 1.807) is 0 Å². The molecule has 3 atom stereocenters. The molecule has 31 heavy (non-hydrogen) atoms. The zero-order valence-electron chi connectivity index (χ0n) is 18.6. The van der Waals surface area contributed by atoms with Crippen molar-refractivity contribution in [2.24, 2.45) is 11.8 Å². The molecule has 4 heteroatoms. The molecule has 1 aliphatic heterocycles. The molecule has 6 rings (SSSR count). The molecule has 1 fully saturated rings. The van der Waals surface area contributed by atoms with Crippen LogP contribution in [-0.4, -0.2) is 37.9 Å². The summed E-state index contributed by atoms with van der Waals surface area (Å²) in [6, 6.07) is 17.7. The number of rotatable bonds is 7. The molecule has 1 saturated heterocycles. The highest BCUT2D eigenvalue weighted by atomic mass is 16.5. The number of benzene rings is 2. The summed E-state index contributed by atoms with van der Waals surface area (Å²) in [4.78, 5) is 13.1. The van der Waals surface area contributed by atoms with Crippen molar-refractivity contribution in [2.75, 3.05) is 19.8 Å². The van der Waals surface area contributed by atoms with Gasteiger partial charge in [0.15, 0.2) is 0 Å². The van der Waals surface area contributed by atoms with Gasteiger partial charge in [0.05, 0.1) is 12.7 Å². The van der Waals surface area contributed by atoms with Crippen molar-refractivity contribution in [1.29, 1.82) is 0 Å². The Bertz CT molecular complexity index is 886. The fourth-order valence-electron chi connectivity index (χ4n) is 5.85. The van der Waals surface area contributed by atoms with Crippen molar-refractivity contribution in [2.45, 2.75) is 57.2 Å². The van der Waals surface area contributed by atoms with E-state index in [1.165, 1.54) is 22.3 Å². The first-order valence-corrected chi connectivity index (χ1v) is 11.8. The molecule has 0 aromatic heterocycles. The van der Waals surface area contributed by atoms with Crippen molar-refractivity contribution in [3.63, 3.8) is 0 Å². The topological polar surface area (TPSA) is 47.6 Å². The molecule has 1 N–H and O–H groups in total. The van der Waals surface area contributed by atoms with Crippen LogP contribution in [0.4, 0.5) is 0 Å². The van der Waals surface area contributed by atoms with Crippen LogP contribution in [0.25, 0.3) is 0 Å². The predicted molar refractivity (Wildman–Crippen MR) is 121 cm³/mol. The van der Waals surface area contributed by atoms with E-state index in [9.17, 15) is 4.79 Å². The minimum Gasteiger partial charge on any atom is -0.376 e. The Morgan fingerprint density at radius 3 is 2.29 bits per heavy atom. The van der Waals surface area contributed by atoms with Crippen LogP contribution in [0.5, 0.6) is 0 Å². The largest absolute Gasteiger partial charge is 0.376 e. The van der Waals surface area contributed by atoms with E-state index in [2.05, 4.69) is 67.7 Å². The molecule has 2 aromatic carbocycles. The minimum absolute atomic E-state index is 0.0102. The molecule has 3 aliphatic carbocycles. The second-order valence-corrected chi connectivity index (χ2v) is 9.66. The maximum atomic E-state index is 13.1. The van der Waals surface area contributed by atoms with Crippen LogP contribution in [0.3, 0.4) is 0 Å². The Hall–Kier alpha value is -2.17. The number of fused-ring (bicyclic) bond motifs is 1. The van der Waals surface area contributed by atoms with Crippen molar-refractivity contribution >= 4 is 5.91 Å². The summed E-state index contributed by atoms with van der Waals surface area (Å²) < 4.78 is 11.7. The first kappa shape index (κ1) is 20.7. The zero-order valence-corrected chi connectivity index (χ0v) is 18.6. The summed E-state index contributed by atoms with van der Waals surface area (Å²) in [6.07, 6.45) is 2.90. The Labute approximate surface area is 185 Å². The van der Waals surface area contributed by atoms with Gasteiger partial charge in [0.25, 0.3) is 0 Å². The molecule has 164 valence electrons. The number of ether oxygens (including phenoxy) is 2. The van der Waals surface area contributed by atoms with Gasteiger partial charge >= 0.3 is 0 Å². The van der Waals surface area contributed by atoms with Gasteiger partial charge < -0.3 is 14.8 Å². The van der Waals surface area contributed by atoms with Crippen molar-refractivity contribution in [1.82, 2.24) is 5.32 Å². The Morgan fingerprint density at radius 2 is 1.71 bits per heavy atom. The second-order valence-electron chi connectivity index (χ2n) is 9.66. The lowest BCUT2D eigenvalue weighted by Gasteiger charge is -2.45. The number of hydrogen-bond donors (Lipinski definition) is 1. The fourth-order valence-corrected chi connectivity index (χ4v) is 5.85. The number of carbonyl (C=O) groups is 1. The van der Waals surface area contributed by atoms with Gasteiger partial charge in [-0.25, -0.2) is 0 Å². The van der Waals surface area contributed by atoms with Gasteiger partial charge in [0.2, 0.25) is 5.91 Å². The molecule has 2 aromatic rings. The predicted octanol–water partition coefficient (Wildman–Crippen LogP) is 4.62. The monoisotopic (exact) mass is 419 g/mol. The summed E-state index contributed by atoms with van der Waals surface area (Å²) in [5, 5.41) is 3.25. The highest BCUT2D eigenvalue weighted by Crippen LogP contribution is 2.55. The molecule has 3 unspecified atom stereocenters. The molecular weight excluding hydrogens is 386 g/mol. The SMILES string of the molecule is CC(C)C(OCC1CCCO1)C(=O)NCC1CC2c3ccccc3C1c1ccccc12. The summed E-state index contributed by atoms with van der Waals surface area (Å²) in [5.41, 5.74) is 5.81. The summed E-state index contributed by atoms with van der Waals surface area (Å²) in [7, 11) is 0. The lowest BCUT2D eigenvalue weighted by Crippen LogP contribution is -2.45. The second kappa shape index (κ2) is 8.76. The molecule has 1 heterocycles. The highest BCUT2D eigenvalue weighted by Gasteiger charge is 2.43. The fraction of sp³-hybridized carbons (Fsp3) is 0.519. The van der Waals surface area contributed by atoms with E-state index < -0.39 is 6.10 Å². The number of carbonyl (C=O) groups excluding carboxylic acids is 1. The lowest BCUT2D eigenvalue weighted by molar-refractivity contribution is -0.138. The molecule has 0 radical (unpaired) electrons. The smallest absolute Gasteiger partial charge is 0.249 e. The van der Waals surface area contributed by atoms with Crippen LogP contribution in [0, 0.1) is 11.8 Å².